The number of halogens is 1. The topological polar surface area (TPSA) is 18.5 Å². The number of rotatable bonds is 5. The molecule has 3 heteroatoms. The molecular weight excluding hydrogens is 171 g/mol. The Morgan fingerprint density at radius 1 is 1.23 bits per heavy atom. The van der Waals surface area contributed by atoms with E-state index in [4.69, 9.17) is 9.47 Å². The number of benzene rings is 1. The van der Waals surface area contributed by atoms with E-state index in [1.54, 1.807) is 18.2 Å². The van der Waals surface area contributed by atoms with Gasteiger partial charge in [-0.2, -0.15) is 0 Å². The predicted octanol–water partition coefficient (Wildman–Crippen LogP) is 2.24. The van der Waals surface area contributed by atoms with Crippen LogP contribution in [0.4, 0.5) is 4.39 Å². The Kier molecular flexibility index (Phi) is 4.26. The summed E-state index contributed by atoms with van der Waals surface area (Å²) in [7, 11) is 0. The molecule has 0 aromatic heterocycles. The third kappa shape index (κ3) is 3.42. The van der Waals surface area contributed by atoms with Gasteiger partial charge in [-0.1, -0.05) is 12.1 Å². The normalized spacial score (nSPS) is 10.0. The molecule has 72 valence electrons. The van der Waals surface area contributed by atoms with Crippen LogP contribution in [0, 0.1) is 5.82 Å². The molecule has 1 rings (SSSR count). The Morgan fingerprint density at radius 3 is 2.69 bits per heavy atom. The van der Waals surface area contributed by atoms with Crippen molar-refractivity contribution in [1.29, 1.82) is 0 Å². The highest BCUT2D eigenvalue weighted by atomic mass is 19.1. The summed E-state index contributed by atoms with van der Waals surface area (Å²) in [5, 5.41) is 0. The largest absolute Gasteiger partial charge is 0.488 e. The highest BCUT2D eigenvalue weighted by Crippen LogP contribution is 2.14. The quantitative estimate of drug-likeness (QED) is 0.653. The SMILES string of the molecule is CCOCCOc1ccccc1F. The monoisotopic (exact) mass is 184 g/mol. The van der Waals surface area contributed by atoms with Crippen molar-refractivity contribution >= 4 is 0 Å². The Hall–Kier alpha value is -1.09. The summed E-state index contributed by atoms with van der Waals surface area (Å²) in [6.45, 7) is 3.43. The van der Waals surface area contributed by atoms with Crippen molar-refractivity contribution < 1.29 is 13.9 Å². The summed E-state index contributed by atoms with van der Waals surface area (Å²) in [5.41, 5.74) is 0. The van der Waals surface area contributed by atoms with Gasteiger partial charge in [-0.15, -0.1) is 0 Å². The van der Waals surface area contributed by atoms with Crippen molar-refractivity contribution in [1.82, 2.24) is 0 Å². The van der Waals surface area contributed by atoms with Crippen LogP contribution in [-0.4, -0.2) is 19.8 Å². The second kappa shape index (κ2) is 5.54. The molecule has 0 radical (unpaired) electrons. The molecule has 0 fully saturated rings. The second-order valence-electron chi connectivity index (χ2n) is 2.48. The van der Waals surface area contributed by atoms with Crippen molar-refractivity contribution in [2.45, 2.75) is 6.92 Å². The van der Waals surface area contributed by atoms with E-state index in [1.165, 1.54) is 6.07 Å². The summed E-state index contributed by atoms with van der Waals surface area (Å²) in [6.07, 6.45) is 0. The van der Waals surface area contributed by atoms with Gasteiger partial charge < -0.3 is 9.47 Å². The molecule has 0 aliphatic rings. The van der Waals surface area contributed by atoms with E-state index in [1.807, 2.05) is 6.92 Å². The van der Waals surface area contributed by atoms with Gasteiger partial charge in [0.25, 0.3) is 0 Å². The maximum atomic E-state index is 12.9. The van der Waals surface area contributed by atoms with Gasteiger partial charge in [0, 0.05) is 6.61 Å². The molecule has 0 atom stereocenters. The molecule has 0 spiro atoms. The van der Waals surface area contributed by atoms with E-state index < -0.39 is 0 Å². The number of hydrogen-bond donors (Lipinski definition) is 0. The standard InChI is InChI=1S/C10H13FO2/c1-2-12-7-8-13-10-6-4-3-5-9(10)11/h3-6H,2,7-8H2,1H3. The minimum atomic E-state index is -0.334. The molecule has 0 amide bonds. The maximum absolute atomic E-state index is 12.9. The Bertz CT molecular complexity index is 250. The first kappa shape index (κ1) is 9.99. The average Bonchev–Trinajstić information content (AvgIpc) is 2.15. The van der Waals surface area contributed by atoms with E-state index in [-0.39, 0.29) is 11.6 Å². The van der Waals surface area contributed by atoms with Gasteiger partial charge >= 0.3 is 0 Å². The van der Waals surface area contributed by atoms with Crippen molar-refractivity contribution in [2.24, 2.45) is 0 Å². The van der Waals surface area contributed by atoms with E-state index in [2.05, 4.69) is 0 Å². The first-order valence-corrected chi connectivity index (χ1v) is 4.29. The minimum Gasteiger partial charge on any atom is -0.488 e. The molecule has 0 saturated carbocycles. The van der Waals surface area contributed by atoms with E-state index >= 15 is 0 Å². The van der Waals surface area contributed by atoms with Gasteiger partial charge in [-0.3, -0.25) is 0 Å². The first-order chi connectivity index (χ1) is 6.34. The Labute approximate surface area is 77.3 Å². The van der Waals surface area contributed by atoms with Crippen molar-refractivity contribution in [3.8, 4) is 5.75 Å². The molecule has 1 aromatic carbocycles. The van der Waals surface area contributed by atoms with Crippen LogP contribution >= 0.6 is 0 Å². The maximum Gasteiger partial charge on any atom is 0.165 e. The highest BCUT2D eigenvalue weighted by molar-refractivity contribution is 5.23. The van der Waals surface area contributed by atoms with Crippen LogP contribution in [0.5, 0.6) is 5.75 Å². The lowest BCUT2D eigenvalue weighted by molar-refractivity contribution is 0.108. The van der Waals surface area contributed by atoms with E-state index in [0.717, 1.165) is 0 Å². The molecule has 0 aliphatic heterocycles. The number of ether oxygens (including phenoxy) is 2. The molecule has 0 unspecified atom stereocenters. The van der Waals surface area contributed by atoms with Crippen molar-refractivity contribution in [3.05, 3.63) is 30.1 Å². The van der Waals surface area contributed by atoms with Gasteiger partial charge in [0.05, 0.1) is 6.61 Å². The molecular formula is C10H13FO2. The first-order valence-electron chi connectivity index (χ1n) is 4.29. The molecule has 0 saturated heterocycles. The van der Waals surface area contributed by atoms with Crippen molar-refractivity contribution in [2.75, 3.05) is 19.8 Å². The summed E-state index contributed by atoms with van der Waals surface area (Å²) in [4.78, 5) is 0. The predicted molar refractivity (Wildman–Crippen MR) is 48.4 cm³/mol. The van der Waals surface area contributed by atoms with Gasteiger partial charge in [0.1, 0.15) is 6.61 Å². The van der Waals surface area contributed by atoms with Crippen LogP contribution in [0.1, 0.15) is 6.92 Å². The molecule has 2 nitrogen and oxygen atoms in total. The molecule has 0 N–H and O–H groups in total. The average molecular weight is 184 g/mol. The number of para-hydroxylation sites is 1. The minimum absolute atomic E-state index is 0.280. The smallest absolute Gasteiger partial charge is 0.165 e. The third-order valence-electron chi connectivity index (χ3n) is 1.53. The summed E-state index contributed by atoms with van der Waals surface area (Å²) < 4.78 is 23.1. The second-order valence-corrected chi connectivity index (χ2v) is 2.48. The van der Waals surface area contributed by atoms with Gasteiger partial charge in [0.2, 0.25) is 0 Å². The summed E-state index contributed by atoms with van der Waals surface area (Å²) in [5.74, 6) is -0.0544. The van der Waals surface area contributed by atoms with Crippen molar-refractivity contribution in [3.63, 3.8) is 0 Å². The summed E-state index contributed by atoms with van der Waals surface area (Å²) >= 11 is 0. The van der Waals surface area contributed by atoms with Gasteiger partial charge in [0.15, 0.2) is 11.6 Å². The zero-order chi connectivity index (χ0) is 9.52. The highest BCUT2D eigenvalue weighted by Gasteiger charge is 1.99. The zero-order valence-corrected chi connectivity index (χ0v) is 7.63. The molecule has 0 heterocycles. The van der Waals surface area contributed by atoms with Crippen LogP contribution in [0.2, 0.25) is 0 Å². The fourth-order valence-corrected chi connectivity index (χ4v) is 0.917. The fourth-order valence-electron chi connectivity index (χ4n) is 0.917. The Morgan fingerprint density at radius 2 is 2.00 bits per heavy atom. The molecule has 13 heavy (non-hydrogen) atoms. The zero-order valence-electron chi connectivity index (χ0n) is 7.63. The molecule has 1 aromatic rings. The lowest BCUT2D eigenvalue weighted by Crippen LogP contribution is -2.06. The van der Waals surface area contributed by atoms with Crippen LogP contribution < -0.4 is 4.74 Å². The summed E-state index contributed by atoms with van der Waals surface area (Å²) in [6, 6.07) is 6.33. The number of hydrogen-bond acceptors (Lipinski definition) is 2. The fraction of sp³-hybridized carbons (Fsp3) is 0.400. The van der Waals surface area contributed by atoms with E-state index in [0.29, 0.717) is 19.8 Å². The van der Waals surface area contributed by atoms with Crippen LogP contribution in [0.15, 0.2) is 24.3 Å². The Balaban J connectivity index is 2.32. The third-order valence-corrected chi connectivity index (χ3v) is 1.53. The molecule has 0 bridgehead atoms. The lowest BCUT2D eigenvalue weighted by atomic mass is 10.3. The van der Waals surface area contributed by atoms with Crippen LogP contribution in [-0.2, 0) is 4.74 Å². The van der Waals surface area contributed by atoms with Crippen LogP contribution in [0.25, 0.3) is 0 Å². The van der Waals surface area contributed by atoms with Gasteiger partial charge in [-0.05, 0) is 19.1 Å². The van der Waals surface area contributed by atoms with Crippen LogP contribution in [0.3, 0.4) is 0 Å². The lowest BCUT2D eigenvalue weighted by Gasteiger charge is -2.06. The molecule has 0 aliphatic carbocycles. The van der Waals surface area contributed by atoms with Gasteiger partial charge in [-0.25, -0.2) is 4.39 Å². The van der Waals surface area contributed by atoms with E-state index in [9.17, 15) is 4.39 Å².